The maximum atomic E-state index is 5.68. The summed E-state index contributed by atoms with van der Waals surface area (Å²) in [7, 11) is 0. The molecular formula is C8H12N4. The average Bonchev–Trinajstić information content (AvgIpc) is 2.05. The monoisotopic (exact) mass is 164 g/mol. The number of nitrogens with one attached hydrogen (secondary N) is 1. The van der Waals surface area contributed by atoms with Crippen LogP contribution in [0, 0.1) is 6.92 Å². The highest BCUT2D eigenvalue weighted by Crippen LogP contribution is 2.09. The van der Waals surface area contributed by atoms with Crippen molar-refractivity contribution in [1.82, 2.24) is 10.4 Å². The van der Waals surface area contributed by atoms with Crippen LogP contribution in [-0.4, -0.2) is 4.98 Å². The highest BCUT2D eigenvalue weighted by atomic mass is 15.2. The van der Waals surface area contributed by atoms with Crippen LogP contribution in [0.3, 0.4) is 0 Å². The molecule has 0 amide bonds. The maximum Gasteiger partial charge on any atom is 0.0579 e. The van der Waals surface area contributed by atoms with Crippen LogP contribution in [0.2, 0.25) is 0 Å². The van der Waals surface area contributed by atoms with E-state index in [1.54, 1.807) is 6.20 Å². The van der Waals surface area contributed by atoms with Gasteiger partial charge in [-0.25, -0.2) is 0 Å². The van der Waals surface area contributed by atoms with Gasteiger partial charge in [0.25, 0.3) is 0 Å². The molecule has 5 N–H and O–H groups in total. The first kappa shape index (κ1) is 8.55. The first-order chi connectivity index (χ1) is 5.75. The number of aromatic nitrogens is 1. The zero-order chi connectivity index (χ0) is 8.97. The molecule has 0 aliphatic rings. The molecule has 1 heterocycles. The normalized spacial score (nSPS) is 11.3. The SMILES string of the molecule is Cc1ncccc1/C(N)=C/NN. The molecule has 4 nitrogen and oxygen atoms in total. The molecule has 0 aliphatic carbocycles. The van der Waals surface area contributed by atoms with E-state index in [4.69, 9.17) is 11.6 Å². The largest absolute Gasteiger partial charge is 0.397 e. The van der Waals surface area contributed by atoms with Crippen LogP contribution < -0.4 is 17.0 Å². The van der Waals surface area contributed by atoms with Gasteiger partial charge in [0.2, 0.25) is 0 Å². The highest BCUT2D eigenvalue weighted by Gasteiger charge is 1.99. The fourth-order valence-electron chi connectivity index (χ4n) is 0.957. The Morgan fingerprint density at radius 3 is 3.00 bits per heavy atom. The van der Waals surface area contributed by atoms with Gasteiger partial charge in [-0.2, -0.15) is 0 Å². The van der Waals surface area contributed by atoms with E-state index in [0.29, 0.717) is 5.70 Å². The number of nitrogens with zero attached hydrogens (tertiary/aromatic N) is 1. The van der Waals surface area contributed by atoms with Gasteiger partial charge < -0.3 is 11.2 Å². The molecule has 0 atom stereocenters. The fourth-order valence-corrected chi connectivity index (χ4v) is 0.957. The van der Waals surface area contributed by atoms with Gasteiger partial charge in [0.1, 0.15) is 0 Å². The van der Waals surface area contributed by atoms with Gasteiger partial charge in [-0.15, -0.1) is 0 Å². The van der Waals surface area contributed by atoms with E-state index >= 15 is 0 Å². The summed E-state index contributed by atoms with van der Waals surface area (Å²) >= 11 is 0. The Bertz CT molecular complexity index is 293. The van der Waals surface area contributed by atoms with Gasteiger partial charge in [-0.1, -0.05) is 0 Å². The van der Waals surface area contributed by atoms with Gasteiger partial charge in [0.05, 0.1) is 5.70 Å². The fraction of sp³-hybridized carbons (Fsp3) is 0.125. The lowest BCUT2D eigenvalue weighted by molar-refractivity contribution is 0.966. The number of pyridine rings is 1. The number of hydrazine groups is 1. The molecule has 1 aromatic rings. The van der Waals surface area contributed by atoms with Crippen molar-refractivity contribution in [1.29, 1.82) is 0 Å². The van der Waals surface area contributed by atoms with Crippen molar-refractivity contribution >= 4 is 5.70 Å². The average molecular weight is 164 g/mol. The lowest BCUT2D eigenvalue weighted by atomic mass is 10.1. The minimum Gasteiger partial charge on any atom is -0.397 e. The van der Waals surface area contributed by atoms with Crippen molar-refractivity contribution < 1.29 is 0 Å². The standard InChI is InChI=1S/C8H12N4/c1-6-7(3-2-4-11-6)8(9)5-12-10/h2-5,12H,9-10H2,1H3/b8-5-. The molecular weight excluding hydrogens is 152 g/mol. The summed E-state index contributed by atoms with van der Waals surface area (Å²) in [5, 5.41) is 0. The number of hydrogen-bond donors (Lipinski definition) is 3. The first-order valence-electron chi connectivity index (χ1n) is 3.59. The van der Waals surface area contributed by atoms with E-state index in [9.17, 15) is 0 Å². The summed E-state index contributed by atoms with van der Waals surface area (Å²) in [5.74, 6) is 5.09. The van der Waals surface area contributed by atoms with Gasteiger partial charge in [-0.05, 0) is 19.1 Å². The molecule has 0 fully saturated rings. The van der Waals surface area contributed by atoms with Gasteiger partial charge in [0.15, 0.2) is 0 Å². The second-order valence-electron chi connectivity index (χ2n) is 2.40. The zero-order valence-electron chi connectivity index (χ0n) is 6.91. The summed E-state index contributed by atoms with van der Waals surface area (Å²) in [4.78, 5) is 4.09. The zero-order valence-corrected chi connectivity index (χ0v) is 6.91. The topological polar surface area (TPSA) is 77.0 Å². The third-order valence-electron chi connectivity index (χ3n) is 1.56. The molecule has 1 aromatic heterocycles. The van der Waals surface area contributed by atoms with E-state index in [0.717, 1.165) is 11.3 Å². The third-order valence-corrected chi connectivity index (χ3v) is 1.56. The van der Waals surface area contributed by atoms with Crippen LogP contribution in [0.5, 0.6) is 0 Å². The molecule has 0 saturated carbocycles. The Balaban J connectivity index is 3.02. The van der Waals surface area contributed by atoms with E-state index in [-0.39, 0.29) is 0 Å². The molecule has 0 spiro atoms. The van der Waals surface area contributed by atoms with Crippen LogP contribution in [0.15, 0.2) is 24.5 Å². The number of nitrogens with two attached hydrogens (primary N) is 2. The van der Waals surface area contributed by atoms with Gasteiger partial charge in [-0.3, -0.25) is 10.8 Å². The third kappa shape index (κ3) is 1.73. The second-order valence-corrected chi connectivity index (χ2v) is 2.40. The number of hydrogen-bond acceptors (Lipinski definition) is 4. The van der Waals surface area contributed by atoms with Gasteiger partial charge >= 0.3 is 0 Å². The van der Waals surface area contributed by atoms with Crippen molar-refractivity contribution in [2.75, 3.05) is 0 Å². The summed E-state index contributed by atoms with van der Waals surface area (Å²) in [6.07, 6.45) is 3.26. The second kappa shape index (κ2) is 3.73. The minimum absolute atomic E-state index is 0.586. The Morgan fingerprint density at radius 1 is 1.67 bits per heavy atom. The van der Waals surface area contributed by atoms with Gasteiger partial charge in [0, 0.05) is 23.7 Å². The van der Waals surface area contributed by atoms with Crippen LogP contribution in [0.25, 0.3) is 5.70 Å². The van der Waals surface area contributed by atoms with E-state index in [1.165, 1.54) is 6.20 Å². The highest BCUT2D eigenvalue weighted by molar-refractivity contribution is 5.63. The van der Waals surface area contributed by atoms with Crippen LogP contribution in [0.4, 0.5) is 0 Å². The molecule has 0 aliphatic heterocycles. The molecule has 4 heteroatoms. The quantitative estimate of drug-likeness (QED) is 0.428. The minimum atomic E-state index is 0.586. The maximum absolute atomic E-state index is 5.68. The van der Waals surface area contributed by atoms with Crippen LogP contribution in [0.1, 0.15) is 11.3 Å². The lowest BCUT2D eigenvalue weighted by Gasteiger charge is -2.03. The van der Waals surface area contributed by atoms with Crippen molar-refractivity contribution in [3.63, 3.8) is 0 Å². The molecule has 0 bridgehead atoms. The predicted octanol–water partition coefficient (Wildman–Crippen LogP) is 0.110. The molecule has 0 aromatic carbocycles. The van der Waals surface area contributed by atoms with Crippen LogP contribution in [-0.2, 0) is 0 Å². The van der Waals surface area contributed by atoms with E-state index < -0.39 is 0 Å². The Morgan fingerprint density at radius 2 is 2.42 bits per heavy atom. The number of aryl methyl sites for hydroxylation is 1. The molecule has 0 radical (unpaired) electrons. The van der Waals surface area contributed by atoms with E-state index in [1.807, 2.05) is 19.1 Å². The van der Waals surface area contributed by atoms with Crippen molar-refractivity contribution in [3.05, 3.63) is 35.8 Å². The van der Waals surface area contributed by atoms with E-state index in [2.05, 4.69) is 10.4 Å². The summed E-state index contributed by atoms with van der Waals surface area (Å²) < 4.78 is 0. The Labute approximate surface area is 71.3 Å². The predicted molar refractivity (Wildman–Crippen MR) is 48.5 cm³/mol. The molecule has 12 heavy (non-hydrogen) atoms. The molecule has 0 unspecified atom stereocenters. The lowest BCUT2D eigenvalue weighted by Crippen LogP contribution is -2.16. The van der Waals surface area contributed by atoms with Crippen molar-refractivity contribution in [2.45, 2.75) is 6.92 Å². The molecule has 0 saturated heterocycles. The molecule has 1 rings (SSSR count). The summed E-state index contributed by atoms with van der Waals surface area (Å²) in [6, 6.07) is 3.73. The van der Waals surface area contributed by atoms with Crippen molar-refractivity contribution in [3.8, 4) is 0 Å². The van der Waals surface area contributed by atoms with Crippen LogP contribution >= 0.6 is 0 Å². The Kier molecular flexibility index (Phi) is 2.66. The summed E-state index contributed by atoms with van der Waals surface area (Å²) in [6.45, 7) is 1.90. The summed E-state index contributed by atoms with van der Waals surface area (Å²) in [5.41, 5.74) is 10.4. The molecule has 64 valence electrons. The Hall–Kier alpha value is -1.55. The smallest absolute Gasteiger partial charge is 0.0579 e. The van der Waals surface area contributed by atoms with Crippen molar-refractivity contribution in [2.24, 2.45) is 11.6 Å². The number of rotatable bonds is 2. The first-order valence-corrected chi connectivity index (χ1v) is 3.59.